The molecule has 0 bridgehead atoms. The molecule has 2 N–H and O–H groups in total. The Morgan fingerprint density at radius 3 is 2.29 bits per heavy atom. The molecule has 0 aliphatic carbocycles. The average Bonchev–Trinajstić information content (AvgIpc) is 3.13. The van der Waals surface area contributed by atoms with Gasteiger partial charge in [-0.15, -0.1) is 0 Å². The van der Waals surface area contributed by atoms with Crippen molar-refractivity contribution in [2.75, 3.05) is 23.4 Å². The third-order valence-corrected chi connectivity index (χ3v) is 6.01. The van der Waals surface area contributed by atoms with Crippen LogP contribution in [-0.2, 0) is 9.53 Å². The molecule has 6 heteroatoms. The van der Waals surface area contributed by atoms with E-state index in [9.17, 15) is 14.7 Å². The number of aliphatic hydroxyl groups is 1. The first kappa shape index (κ1) is 25.5. The van der Waals surface area contributed by atoms with E-state index in [0.29, 0.717) is 23.5 Å². The summed E-state index contributed by atoms with van der Waals surface area (Å²) in [5.74, 6) is -0.707. The third-order valence-electron chi connectivity index (χ3n) is 6.01. The van der Waals surface area contributed by atoms with Gasteiger partial charge in [-0.2, -0.15) is 0 Å². The lowest BCUT2D eigenvalue weighted by atomic mass is 10.1. The van der Waals surface area contributed by atoms with Crippen LogP contribution < -0.4 is 10.2 Å². The van der Waals surface area contributed by atoms with Gasteiger partial charge < -0.3 is 15.2 Å². The quantitative estimate of drug-likeness (QED) is 0.201. The summed E-state index contributed by atoms with van der Waals surface area (Å²) in [6.45, 7) is 4.65. The molecule has 3 rings (SSSR count). The number of ether oxygens (including phenoxy) is 1. The number of carbonyl (C=O) groups is 2. The topological polar surface area (TPSA) is 78.9 Å². The fourth-order valence-corrected chi connectivity index (χ4v) is 4.09. The third kappa shape index (κ3) is 6.70. The van der Waals surface area contributed by atoms with Crippen LogP contribution in [0, 0.1) is 6.92 Å². The molecule has 6 nitrogen and oxygen atoms in total. The number of urea groups is 1. The number of imide groups is 1. The number of unbranched alkanes of at least 4 members (excludes halogenated alkanes) is 7. The van der Waals surface area contributed by atoms with E-state index in [1.54, 1.807) is 36.4 Å². The molecular weight excluding hydrogens is 428 g/mol. The van der Waals surface area contributed by atoms with Gasteiger partial charge in [-0.25, -0.2) is 9.69 Å². The molecule has 0 fully saturated rings. The predicted octanol–water partition coefficient (Wildman–Crippen LogP) is 7.00. The van der Waals surface area contributed by atoms with Crippen LogP contribution in [0.2, 0.25) is 0 Å². The number of hydrogen-bond acceptors (Lipinski definition) is 4. The second-order valence-electron chi connectivity index (χ2n) is 8.80. The van der Waals surface area contributed by atoms with Crippen molar-refractivity contribution in [2.24, 2.45) is 0 Å². The van der Waals surface area contributed by atoms with Crippen molar-refractivity contribution in [1.82, 2.24) is 0 Å². The number of aryl methyl sites for hydroxylation is 1. The molecular formula is C28H36N2O4. The minimum absolute atomic E-state index is 0.0562. The largest absolute Gasteiger partial charge is 0.509 e. The second kappa shape index (κ2) is 12.9. The van der Waals surface area contributed by atoms with Gasteiger partial charge in [0.25, 0.3) is 5.91 Å². The summed E-state index contributed by atoms with van der Waals surface area (Å²) in [6, 6.07) is 13.7. The standard InChI is InChI=1S/C28H36N2O4/c1-3-4-5-6-7-8-9-12-19-34-20-25(31)26-23-13-10-11-14-24(23)30(27(26)32)28(33)29-22-17-15-21(2)16-18-22/h10-11,13-18,31H,3-9,12,19-20H2,1-2H3,(H,29,33). The highest BCUT2D eigenvalue weighted by atomic mass is 16.5. The van der Waals surface area contributed by atoms with Crippen LogP contribution in [0.3, 0.4) is 0 Å². The van der Waals surface area contributed by atoms with Gasteiger partial charge in [-0.1, -0.05) is 87.8 Å². The molecule has 0 radical (unpaired) electrons. The number of carbonyl (C=O) groups excluding carboxylic acids is 2. The summed E-state index contributed by atoms with van der Waals surface area (Å²) in [6.07, 6.45) is 9.63. The Bertz CT molecular complexity index is 998. The SMILES string of the molecule is CCCCCCCCCCOCC(O)=C1C(=O)N(C(=O)Nc2ccc(C)cc2)c2ccccc21. The molecule has 0 unspecified atom stereocenters. The van der Waals surface area contributed by atoms with E-state index >= 15 is 0 Å². The van der Waals surface area contributed by atoms with Gasteiger partial charge in [0.2, 0.25) is 0 Å². The molecule has 1 heterocycles. The van der Waals surface area contributed by atoms with Crippen molar-refractivity contribution in [3.8, 4) is 0 Å². The van der Waals surface area contributed by atoms with E-state index in [1.807, 2.05) is 19.1 Å². The Morgan fingerprint density at radius 1 is 0.941 bits per heavy atom. The van der Waals surface area contributed by atoms with Gasteiger partial charge in [0, 0.05) is 17.9 Å². The highest BCUT2D eigenvalue weighted by Crippen LogP contribution is 2.38. The molecule has 0 saturated carbocycles. The van der Waals surface area contributed by atoms with Gasteiger partial charge in [0.15, 0.2) is 0 Å². The fourth-order valence-electron chi connectivity index (χ4n) is 4.09. The van der Waals surface area contributed by atoms with E-state index in [1.165, 1.54) is 38.5 Å². The molecule has 0 spiro atoms. The Hall–Kier alpha value is -3.12. The van der Waals surface area contributed by atoms with E-state index in [0.717, 1.165) is 23.3 Å². The van der Waals surface area contributed by atoms with Crippen LogP contribution in [0.25, 0.3) is 5.57 Å². The molecule has 1 aliphatic rings. The smallest absolute Gasteiger partial charge is 0.333 e. The maximum atomic E-state index is 13.2. The summed E-state index contributed by atoms with van der Waals surface area (Å²) in [4.78, 5) is 27.2. The summed E-state index contributed by atoms with van der Waals surface area (Å²) in [7, 11) is 0. The van der Waals surface area contributed by atoms with Crippen LogP contribution in [0.4, 0.5) is 16.2 Å². The van der Waals surface area contributed by atoms with Crippen molar-refractivity contribution in [1.29, 1.82) is 0 Å². The number of amides is 3. The molecule has 0 atom stereocenters. The molecule has 34 heavy (non-hydrogen) atoms. The van der Waals surface area contributed by atoms with Crippen molar-refractivity contribution in [2.45, 2.75) is 65.2 Å². The maximum Gasteiger partial charge on any atom is 0.333 e. The van der Waals surface area contributed by atoms with Crippen LogP contribution >= 0.6 is 0 Å². The Balaban J connectivity index is 1.57. The zero-order valence-electron chi connectivity index (χ0n) is 20.3. The van der Waals surface area contributed by atoms with Crippen LogP contribution in [0.1, 0.15) is 69.4 Å². The molecule has 2 aromatic rings. The highest BCUT2D eigenvalue weighted by Gasteiger charge is 2.38. The number of nitrogens with zero attached hydrogens (tertiary/aromatic N) is 1. The minimum Gasteiger partial charge on any atom is -0.509 e. The van der Waals surface area contributed by atoms with Gasteiger partial charge in [-0.05, 0) is 31.5 Å². The van der Waals surface area contributed by atoms with E-state index in [4.69, 9.17) is 4.74 Å². The van der Waals surface area contributed by atoms with E-state index in [-0.39, 0.29) is 17.9 Å². The highest BCUT2D eigenvalue weighted by molar-refractivity contribution is 6.41. The number of aliphatic hydroxyl groups excluding tert-OH is 1. The monoisotopic (exact) mass is 464 g/mol. The van der Waals surface area contributed by atoms with E-state index in [2.05, 4.69) is 12.2 Å². The lowest BCUT2D eigenvalue weighted by Gasteiger charge is -2.16. The Kier molecular flexibility index (Phi) is 9.71. The van der Waals surface area contributed by atoms with Crippen molar-refractivity contribution in [3.05, 3.63) is 65.4 Å². The Morgan fingerprint density at radius 2 is 1.59 bits per heavy atom. The maximum absolute atomic E-state index is 13.2. The molecule has 3 amide bonds. The predicted molar refractivity (Wildman–Crippen MR) is 137 cm³/mol. The summed E-state index contributed by atoms with van der Waals surface area (Å²) < 4.78 is 5.64. The summed E-state index contributed by atoms with van der Waals surface area (Å²) >= 11 is 0. The number of hydrogen-bond donors (Lipinski definition) is 2. The lowest BCUT2D eigenvalue weighted by molar-refractivity contribution is -0.112. The zero-order valence-corrected chi connectivity index (χ0v) is 20.3. The second-order valence-corrected chi connectivity index (χ2v) is 8.80. The van der Waals surface area contributed by atoms with Crippen LogP contribution in [0.5, 0.6) is 0 Å². The first-order valence-electron chi connectivity index (χ1n) is 12.3. The summed E-state index contributed by atoms with van der Waals surface area (Å²) in [5, 5.41) is 13.4. The molecule has 2 aromatic carbocycles. The number of benzene rings is 2. The van der Waals surface area contributed by atoms with Gasteiger partial charge >= 0.3 is 6.03 Å². The molecule has 0 saturated heterocycles. The average molecular weight is 465 g/mol. The van der Waals surface area contributed by atoms with E-state index < -0.39 is 11.9 Å². The van der Waals surface area contributed by atoms with Crippen LogP contribution in [0.15, 0.2) is 54.3 Å². The zero-order chi connectivity index (χ0) is 24.3. The molecule has 0 aromatic heterocycles. The lowest BCUT2D eigenvalue weighted by Crippen LogP contribution is -2.37. The minimum atomic E-state index is -0.566. The van der Waals surface area contributed by atoms with Gasteiger partial charge in [0.05, 0.1) is 11.3 Å². The molecule has 182 valence electrons. The van der Waals surface area contributed by atoms with Crippen LogP contribution in [-0.4, -0.2) is 30.3 Å². The molecule has 1 aliphatic heterocycles. The normalized spacial score (nSPS) is 14.3. The van der Waals surface area contributed by atoms with Gasteiger partial charge in [-0.3, -0.25) is 4.79 Å². The van der Waals surface area contributed by atoms with Gasteiger partial charge in [0.1, 0.15) is 12.4 Å². The first-order chi connectivity index (χ1) is 16.5. The number of nitrogens with one attached hydrogen (secondary N) is 1. The Labute approximate surface area is 202 Å². The fraction of sp³-hybridized carbons (Fsp3) is 0.429. The number of fused-ring (bicyclic) bond motifs is 1. The first-order valence-corrected chi connectivity index (χ1v) is 12.3. The number of rotatable bonds is 12. The summed E-state index contributed by atoms with van der Waals surface area (Å²) in [5.41, 5.74) is 2.76. The van der Waals surface area contributed by atoms with Crippen molar-refractivity contribution in [3.63, 3.8) is 0 Å². The number of para-hydroxylation sites is 1. The van der Waals surface area contributed by atoms with Crippen molar-refractivity contribution >= 4 is 28.9 Å². The number of anilines is 2. The van der Waals surface area contributed by atoms with Crippen molar-refractivity contribution < 1.29 is 19.4 Å².